The van der Waals surface area contributed by atoms with E-state index in [0.717, 1.165) is 44.8 Å². The number of carbonyl (C=O) groups is 1. The summed E-state index contributed by atoms with van der Waals surface area (Å²) in [4.78, 5) is 18.2. The average molecular weight is 279 g/mol. The topological polar surface area (TPSA) is 58.4 Å². The summed E-state index contributed by atoms with van der Waals surface area (Å²) in [5.41, 5.74) is -0.654. The first kappa shape index (κ1) is 15.0. The zero-order valence-corrected chi connectivity index (χ0v) is 12.7. The number of rotatable bonds is 5. The van der Waals surface area contributed by atoms with Crippen LogP contribution in [0.25, 0.3) is 0 Å². The molecule has 1 aliphatic heterocycles. The Morgan fingerprint density at radius 3 is 2.95 bits per heavy atom. The number of aliphatic carboxylic acids is 1. The highest BCUT2D eigenvalue weighted by Crippen LogP contribution is 2.34. The Hall–Kier alpha value is -1.36. The van der Waals surface area contributed by atoms with Crippen molar-refractivity contribution in [1.82, 2.24) is 14.5 Å². The fraction of sp³-hybridized carbons (Fsp3) is 0.733. The molecule has 1 aromatic rings. The molecule has 1 fully saturated rings. The molecule has 112 valence electrons. The van der Waals surface area contributed by atoms with Gasteiger partial charge in [0.1, 0.15) is 5.82 Å². The van der Waals surface area contributed by atoms with E-state index in [0.29, 0.717) is 0 Å². The maximum Gasteiger partial charge on any atom is 0.309 e. The molecular weight excluding hydrogens is 254 g/mol. The minimum atomic E-state index is -0.695. The summed E-state index contributed by atoms with van der Waals surface area (Å²) in [6, 6.07) is 0. The van der Waals surface area contributed by atoms with Crippen molar-refractivity contribution in [3.05, 3.63) is 18.2 Å². The van der Waals surface area contributed by atoms with Gasteiger partial charge in [-0.05, 0) is 46.1 Å². The highest BCUT2D eigenvalue weighted by molar-refractivity contribution is 5.74. The Morgan fingerprint density at radius 2 is 2.30 bits per heavy atom. The molecule has 20 heavy (non-hydrogen) atoms. The van der Waals surface area contributed by atoms with Crippen LogP contribution in [0.15, 0.2) is 12.4 Å². The van der Waals surface area contributed by atoms with Crippen molar-refractivity contribution in [2.75, 3.05) is 13.1 Å². The molecule has 0 saturated carbocycles. The van der Waals surface area contributed by atoms with E-state index in [1.165, 1.54) is 0 Å². The summed E-state index contributed by atoms with van der Waals surface area (Å²) in [6.07, 6.45) is 5.89. The van der Waals surface area contributed by atoms with E-state index in [2.05, 4.69) is 21.4 Å². The minimum absolute atomic E-state index is 0.207. The lowest BCUT2D eigenvalue weighted by atomic mass is 9.74. The SMILES string of the molecule is CCn1ccnc1CN1CCCC(C(C)(C)C(=O)O)C1. The van der Waals surface area contributed by atoms with Crippen LogP contribution in [0.3, 0.4) is 0 Å². The summed E-state index contributed by atoms with van der Waals surface area (Å²) in [6.45, 7) is 9.41. The van der Waals surface area contributed by atoms with Gasteiger partial charge in [-0.25, -0.2) is 4.98 Å². The molecule has 1 aliphatic rings. The summed E-state index contributed by atoms with van der Waals surface area (Å²) in [7, 11) is 0. The van der Waals surface area contributed by atoms with Gasteiger partial charge in [-0.1, -0.05) is 0 Å². The van der Waals surface area contributed by atoms with Crippen LogP contribution in [0, 0.1) is 11.3 Å². The molecule has 1 atom stereocenters. The Balaban J connectivity index is 2.02. The second-order valence-electron chi connectivity index (χ2n) is 6.23. The molecule has 5 heteroatoms. The lowest BCUT2D eigenvalue weighted by molar-refractivity contribution is -0.151. The van der Waals surface area contributed by atoms with Gasteiger partial charge in [0.15, 0.2) is 0 Å². The molecule has 0 bridgehead atoms. The van der Waals surface area contributed by atoms with Gasteiger partial charge in [0.05, 0.1) is 12.0 Å². The zero-order chi connectivity index (χ0) is 14.8. The van der Waals surface area contributed by atoms with Crippen molar-refractivity contribution in [2.45, 2.75) is 46.7 Å². The third kappa shape index (κ3) is 3.03. The number of carboxylic acids is 1. The van der Waals surface area contributed by atoms with Crippen LogP contribution < -0.4 is 0 Å². The number of carboxylic acid groups (broad SMARTS) is 1. The summed E-state index contributed by atoms with van der Waals surface area (Å²) in [5.74, 6) is 0.583. The van der Waals surface area contributed by atoms with Gasteiger partial charge in [0, 0.05) is 25.5 Å². The maximum absolute atomic E-state index is 11.4. The van der Waals surface area contributed by atoms with Crippen LogP contribution in [0.1, 0.15) is 39.4 Å². The van der Waals surface area contributed by atoms with Crippen molar-refractivity contribution in [3.8, 4) is 0 Å². The molecule has 1 N–H and O–H groups in total. The normalized spacial score (nSPS) is 21.1. The Morgan fingerprint density at radius 1 is 1.55 bits per heavy atom. The second-order valence-corrected chi connectivity index (χ2v) is 6.23. The summed E-state index contributed by atoms with van der Waals surface area (Å²) >= 11 is 0. The number of aryl methyl sites for hydroxylation is 1. The molecule has 0 aliphatic carbocycles. The highest BCUT2D eigenvalue weighted by atomic mass is 16.4. The van der Waals surface area contributed by atoms with Crippen LogP contribution >= 0.6 is 0 Å². The van der Waals surface area contributed by atoms with Crippen molar-refractivity contribution in [3.63, 3.8) is 0 Å². The molecule has 2 heterocycles. The standard InChI is InChI=1S/C15H25N3O2/c1-4-18-9-7-16-13(18)11-17-8-5-6-12(10-17)15(2,3)14(19)20/h7,9,12H,4-6,8,10-11H2,1-3H3,(H,19,20). The van der Waals surface area contributed by atoms with E-state index >= 15 is 0 Å². The number of aromatic nitrogens is 2. The third-order valence-corrected chi connectivity index (χ3v) is 4.58. The first-order valence-electron chi connectivity index (χ1n) is 7.41. The molecule has 1 aromatic heterocycles. The number of piperidine rings is 1. The van der Waals surface area contributed by atoms with Crippen LogP contribution in [0.4, 0.5) is 0 Å². The first-order chi connectivity index (χ1) is 9.45. The van der Waals surface area contributed by atoms with Crippen LogP contribution in [-0.2, 0) is 17.9 Å². The van der Waals surface area contributed by atoms with Crippen molar-refractivity contribution in [2.24, 2.45) is 11.3 Å². The average Bonchev–Trinajstić information content (AvgIpc) is 2.86. The largest absolute Gasteiger partial charge is 0.481 e. The molecule has 1 unspecified atom stereocenters. The van der Waals surface area contributed by atoms with Crippen molar-refractivity contribution < 1.29 is 9.90 Å². The predicted octanol–water partition coefficient (Wildman–Crippen LogP) is 2.23. The zero-order valence-electron chi connectivity index (χ0n) is 12.7. The molecule has 0 radical (unpaired) electrons. The molecule has 2 rings (SSSR count). The van der Waals surface area contributed by atoms with Gasteiger partial charge in [-0.3, -0.25) is 9.69 Å². The number of hydrogen-bond donors (Lipinski definition) is 1. The molecule has 0 spiro atoms. The van der Waals surface area contributed by atoms with Gasteiger partial charge < -0.3 is 9.67 Å². The van der Waals surface area contributed by atoms with Crippen molar-refractivity contribution in [1.29, 1.82) is 0 Å². The molecule has 0 aromatic carbocycles. The van der Waals surface area contributed by atoms with Gasteiger partial charge in [0.25, 0.3) is 0 Å². The van der Waals surface area contributed by atoms with E-state index in [4.69, 9.17) is 0 Å². The van der Waals surface area contributed by atoms with E-state index in [-0.39, 0.29) is 5.92 Å². The van der Waals surface area contributed by atoms with Crippen LogP contribution in [0.2, 0.25) is 0 Å². The third-order valence-electron chi connectivity index (χ3n) is 4.58. The van der Waals surface area contributed by atoms with Gasteiger partial charge in [-0.2, -0.15) is 0 Å². The van der Waals surface area contributed by atoms with E-state index < -0.39 is 11.4 Å². The molecule has 5 nitrogen and oxygen atoms in total. The number of likely N-dealkylation sites (tertiary alicyclic amines) is 1. The number of imidazole rings is 1. The highest BCUT2D eigenvalue weighted by Gasteiger charge is 2.39. The first-order valence-corrected chi connectivity index (χ1v) is 7.41. The molecule has 1 saturated heterocycles. The maximum atomic E-state index is 11.4. The Labute approximate surface area is 120 Å². The van der Waals surface area contributed by atoms with Gasteiger partial charge in [0.2, 0.25) is 0 Å². The monoisotopic (exact) mass is 279 g/mol. The van der Waals surface area contributed by atoms with Gasteiger partial charge in [-0.15, -0.1) is 0 Å². The lowest BCUT2D eigenvalue weighted by Gasteiger charge is -2.39. The van der Waals surface area contributed by atoms with E-state index in [9.17, 15) is 9.90 Å². The molecule has 0 amide bonds. The lowest BCUT2D eigenvalue weighted by Crippen LogP contribution is -2.44. The number of hydrogen-bond acceptors (Lipinski definition) is 3. The van der Waals surface area contributed by atoms with E-state index in [1.54, 1.807) is 0 Å². The fourth-order valence-corrected chi connectivity index (χ4v) is 2.94. The van der Waals surface area contributed by atoms with Gasteiger partial charge >= 0.3 is 5.97 Å². The fourth-order valence-electron chi connectivity index (χ4n) is 2.94. The van der Waals surface area contributed by atoms with Crippen LogP contribution in [0.5, 0.6) is 0 Å². The minimum Gasteiger partial charge on any atom is -0.481 e. The Bertz CT molecular complexity index is 467. The predicted molar refractivity (Wildman–Crippen MR) is 77.3 cm³/mol. The van der Waals surface area contributed by atoms with Crippen LogP contribution in [-0.4, -0.2) is 38.6 Å². The summed E-state index contributed by atoms with van der Waals surface area (Å²) in [5, 5.41) is 9.38. The van der Waals surface area contributed by atoms with Crippen molar-refractivity contribution >= 4 is 5.97 Å². The Kier molecular flexibility index (Phi) is 4.48. The second kappa shape index (κ2) is 5.95. The number of nitrogens with zero attached hydrogens (tertiary/aromatic N) is 3. The quantitative estimate of drug-likeness (QED) is 0.898. The molecular formula is C15H25N3O2. The van der Waals surface area contributed by atoms with E-state index in [1.807, 2.05) is 26.2 Å². The smallest absolute Gasteiger partial charge is 0.309 e. The summed E-state index contributed by atoms with van der Waals surface area (Å²) < 4.78 is 2.14.